The zero-order valence-corrected chi connectivity index (χ0v) is 18.3. The van der Waals surface area contributed by atoms with Gasteiger partial charge in [-0.2, -0.15) is 0 Å². The first-order valence-corrected chi connectivity index (χ1v) is 11.0. The van der Waals surface area contributed by atoms with Gasteiger partial charge in [-0.05, 0) is 73.5 Å². The summed E-state index contributed by atoms with van der Waals surface area (Å²) in [5, 5.41) is 0. The predicted octanol–water partition coefficient (Wildman–Crippen LogP) is 3.98. The number of rotatable bonds is 8. The number of piperidine rings is 1. The van der Waals surface area contributed by atoms with Crippen LogP contribution in [0.5, 0.6) is 0 Å². The molecule has 0 unspecified atom stereocenters. The fourth-order valence-corrected chi connectivity index (χ4v) is 4.39. The van der Waals surface area contributed by atoms with Crippen LogP contribution in [0.2, 0.25) is 0 Å². The van der Waals surface area contributed by atoms with Gasteiger partial charge in [0.1, 0.15) is 17.7 Å². The summed E-state index contributed by atoms with van der Waals surface area (Å²) in [7, 11) is 0. The Morgan fingerprint density at radius 2 is 1.55 bits per heavy atom. The van der Waals surface area contributed by atoms with Crippen molar-refractivity contribution in [3.8, 4) is 0 Å². The highest BCUT2D eigenvalue weighted by atomic mass is 19.1. The van der Waals surface area contributed by atoms with Gasteiger partial charge in [0.25, 0.3) is 0 Å². The van der Waals surface area contributed by atoms with E-state index in [0.717, 1.165) is 16.8 Å². The molecule has 1 aromatic heterocycles. The smallest absolute Gasteiger partial charge is 0.229 e. The van der Waals surface area contributed by atoms with E-state index in [2.05, 4.69) is 9.88 Å². The molecule has 5 nitrogen and oxygen atoms in total. The highest BCUT2D eigenvalue weighted by Gasteiger charge is 2.42. The molecular weight excluding hydrogens is 424 g/mol. The number of likely N-dealkylation sites (tertiary alicyclic amines) is 1. The second-order valence-electron chi connectivity index (χ2n) is 8.36. The van der Waals surface area contributed by atoms with Gasteiger partial charge in [0.2, 0.25) is 5.91 Å². The molecule has 2 heterocycles. The predicted molar refractivity (Wildman–Crippen MR) is 121 cm³/mol. The molecule has 0 bridgehead atoms. The van der Waals surface area contributed by atoms with Gasteiger partial charge in [0.15, 0.2) is 0 Å². The number of nitrogens with zero attached hydrogens (tertiary/aromatic N) is 2. The minimum Gasteiger partial charge on any atom is -0.369 e. The monoisotopic (exact) mass is 451 g/mol. The molecule has 7 heteroatoms. The topological polar surface area (TPSA) is 68.5 Å². The van der Waals surface area contributed by atoms with Crippen LogP contribution in [0.15, 0.2) is 72.9 Å². The van der Waals surface area contributed by atoms with Gasteiger partial charge >= 0.3 is 0 Å². The van der Waals surface area contributed by atoms with Gasteiger partial charge < -0.3 is 15.4 Å². The average molecular weight is 452 g/mol. The van der Waals surface area contributed by atoms with Crippen molar-refractivity contribution < 1.29 is 18.3 Å². The summed E-state index contributed by atoms with van der Waals surface area (Å²) >= 11 is 0. The number of aromatic nitrogens is 1. The summed E-state index contributed by atoms with van der Waals surface area (Å²) in [6.45, 7) is 2.48. The maximum Gasteiger partial charge on any atom is 0.229 e. The van der Waals surface area contributed by atoms with E-state index in [1.807, 2.05) is 18.2 Å². The van der Waals surface area contributed by atoms with Gasteiger partial charge in [-0.3, -0.25) is 9.78 Å². The van der Waals surface area contributed by atoms with E-state index in [1.54, 1.807) is 30.5 Å². The Bertz CT molecular complexity index is 1010. The molecule has 2 N–H and O–H groups in total. The standard InChI is InChI=1S/C26H27F2N3O2/c27-21-8-4-19(5-9-21)24(20-6-10-22(28)11-7-20)33-18-17-31-15-12-26(13-16-31,25(29)32)23-3-1-2-14-30-23/h1-11,14,24H,12-13,15-18H2,(H2,29,32). The lowest BCUT2D eigenvalue weighted by molar-refractivity contribution is -0.125. The molecule has 0 radical (unpaired) electrons. The summed E-state index contributed by atoms with van der Waals surface area (Å²) in [5.74, 6) is -0.990. The molecule has 1 saturated heterocycles. The van der Waals surface area contributed by atoms with Crippen LogP contribution in [-0.4, -0.2) is 42.0 Å². The number of nitrogens with two attached hydrogens (primary N) is 1. The lowest BCUT2D eigenvalue weighted by Gasteiger charge is -2.39. The Hall–Kier alpha value is -3.16. The maximum atomic E-state index is 13.4. The number of benzene rings is 2. The van der Waals surface area contributed by atoms with Gasteiger partial charge in [-0.1, -0.05) is 30.3 Å². The van der Waals surface area contributed by atoms with Crippen molar-refractivity contribution in [2.45, 2.75) is 24.4 Å². The molecule has 0 atom stereocenters. The van der Waals surface area contributed by atoms with Crippen molar-refractivity contribution in [3.05, 3.63) is 101 Å². The molecule has 0 spiro atoms. The highest BCUT2D eigenvalue weighted by molar-refractivity contribution is 5.86. The van der Waals surface area contributed by atoms with Crippen LogP contribution in [-0.2, 0) is 14.9 Å². The van der Waals surface area contributed by atoms with E-state index in [1.165, 1.54) is 24.3 Å². The maximum absolute atomic E-state index is 13.4. The van der Waals surface area contributed by atoms with Crippen LogP contribution in [0.25, 0.3) is 0 Å². The van der Waals surface area contributed by atoms with E-state index < -0.39 is 11.5 Å². The third-order valence-electron chi connectivity index (χ3n) is 6.37. The number of hydrogen-bond acceptors (Lipinski definition) is 4. The second-order valence-corrected chi connectivity index (χ2v) is 8.36. The zero-order valence-electron chi connectivity index (χ0n) is 18.3. The average Bonchev–Trinajstić information content (AvgIpc) is 2.84. The second kappa shape index (κ2) is 10.2. The summed E-state index contributed by atoms with van der Waals surface area (Å²) in [6.07, 6.45) is 2.44. The molecule has 1 aliphatic rings. The molecule has 4 rings (SSSR count). The van der Waals surface area contributed by atoms with E-state index in [0.29, 0.717) is 39.1 Å². The van der Waals surface area contributed by atoms with Gasteiger partial charge in [-0.25, -0.2) is 8.78 Å². The molecule has 172 valence electrons. The minimum absolute atomic E-state index is 0.323. The fourth-order valence-electron chi connectivity index (χ4n) is 4.39. The summed E-state index contributed by atoms with van der Waals surface area (Å²) in [6, 6.07) is 17.8. The SMILES string of the molecule is NC(=O)C1(c2ccccn2)CCN(CCOC(c2ccc(F)cc2)c2ccc(F)cc2)CC1. The molecule has 1 aliphatic heterocycles. The number of hydrogen-bond donors (Lipinski definition) is 1. The fraction of sp³-hybridized carbons (Fsp3) is 0.308. The van der Waals surface area contributed by atoms with Crippen molar-refractivity contribution in [3.63, 3.8) is 0 Å². The molecule has 0 saturated carbocycles. The number of amides is 1. The molecule has 33 heavy (non-hydrogen) atoms. The summed E-state index contributed by atoms with van der Waals surface area (Å²) in [5.41, 5.74) is 7.36. The Balaban J connectivity index is 1.39. The number of pyridine rings is 1. The summed E-state index contributed by atoms with van der Waals surface area (Å²) in [4.78, 5) is 19.0. The van der Waals surface area contributed by atoms with Crippen LogP contribution in [0.1, 0.15) is 35.8 Å². The van der Waals surface area contributed by atoms with Crippen LogP contribution >= 0.6 is 0 Å². The van der Waals surface area contributed by atoms with Crippen LogP contribution in [0.4, 0.5) is 8.78 Å². The molecule has 0 aliphatic carbocycles. The first-order chi connectivity index (χ1) is 16.0. The molecule has 2 aromatic carbocycles. The normalized spacial score (nSPS) is 16.1. The van der Waals surface area contributed by atoms with Gasteiger partial charge in [-0.15, -0.1) is 0 Å². The van der Waals surface area contributed by atoms with E-state index in [4.69, 9.17) is 10.5 Å². The van der Waals surface area contributed by atoms with Crippen molar-refractivity contribution in [2.75, 3.05) is 26.2 Å². The quantitative estimate of drug-likeness (QED) is 0.563. The van der Waals surface area contributed by atoms with E-state index in [9.17, 15) is 13.6 Å². The van der Waals surface area contributed by atoms with Gasteiger partial charge in [0.05, 0.1) is 17.7 Å². The van der Waals surface area contributed by atoms with Crippen molar-refractivity contribution >= 4 is 5.91 Å². The van der Waals surface area contributed by atoms with Crippen molar-refractivity contribution in [1.29, 1.82) is 0 Å². The van der Waals surface area contributed by atoms with E-state index >= 15 is 0 Å². The number of carbonyl (C=O) groups is 1. The summed E-state index contributed by atoms with van der Waals surface area (Å²) < 4.78 is 33.0. The lowest BCUT2D eigenvalue weighted by atomic mass is 9.74. The van der Waals surface area contributed by atoms with Crippen LogP contribution in [0, 0.1) is 11.6 Å². The largest absolute Gasteiger partial charge is 0.369 e. The first kappa shape index (κ1) is 23.0. The number of halogens is 2. The molecule has 3 aromatic rings. The van der Waals surface area contributed by atoms with E-state index in [-0.39, 0.29) is 17.5 Å². The minimum atomic E-state index is -0.747. The third kappa shape index (κ3) is 5.26. The molecule has 1 fully saturated rings. The number of carbonyl (C=O) groups excluding carboxylic acids is 1. The Morgan fingerprint density at radius 3 is 2.03 bits per heavy atom. The number of primary amides is 1. The lowest BCUT2D eigenvalue weighted by Crippen LogP contribution is -2.51. The number of ether oxygens (including phenoxy) is 1. The molecular formula is C26H27F2N3O2. The zero-order chi connectivity index (χ0) is 23.3. The first-order valence-electron chi connectivity index (χ1n) is 11.0. The highest BCUT2D eigenvalue weighted by Crippen LogP contribution is 2.34. The Morgan fingerprint density at radius 1 is 0.970 bits per heavy atom. The van der Waals surface area contributed by atoms with Crippen molar-refractivity contribution in [1.82, 2.24) is 9.88 Å². The van der Waals surface area contributed by atoms with Crippen LogP contribution in [0.3, 0.4) is 0 Å². The van der Waals surface area contributed by atoms with Crippen molar-refractivity contribution in [2.24, 2.45) is 5.73 Å². The van der Waals surface area contributed by atoms with Gasteiger partial charge in [0, 0.05) is 12.7 Å². The Kier molecular flexibility index (Phi) is 7.11. The third-order valence-corrected chi connectivity index (χ3v) is 6.37. The molecule has 1 amide bonds. The van der Waals surface area contributed by atoms with Crippen LogP contribution < -0.4 is 5.73 Å². The Labute approximate surface area is 192 Å².